The van der Waals surface area contributed by atoms with Crippen LogP contribution in [0.25, 0.3) is 0 Å². The Hall–Kier alpha value is -1.26. The van der Waals surface area contributed by atoms with E-state index in [0.29, 0.717) is 0 Å². The van der Waals surface area contributed by atoms with Crippen molar-refractivity contribution < 1.29 is 32.2 Å². The SMILES string of the molecule is COC(=O)Cc1c(OC)ncc(I)c1OC(F)(F)F. The number of esters is 1. The predicted molar refractivity (Wildman–Crippen MR) is 65.9 cm³/mol. The average molecular weight is 391 g/mol. The lowest BCUT2D eigenvalue weighted by atomic mass is 10.2. The van der Waals surface area contributed by atoms with Crippen molar-refractivity contribution in [1.29, 1.82) is 0 Å². The topological polar surface area (TPSA) is 57.7 Å². The van der Waals surface area contributed by atoms with E-state index in [1.807, 2.05) is 0 Å². The Balaban J connectivity index is 3.28. The lowest BCUT2D eigenvalue weighted by molar-refractivity contribution is -0.275. The van der Waals surface area contributed by atoms with E-state index in [0.717, 1.165) is 13.3 Å². The number of methoxy groups -OCH3 is 2. The Kier molecular flexibility index (Phi) is 5.20. The molecule has 1 aromatic rings. The summed E-state index contributed by atoms with van der Waals surface area (Å²) >= 11 is 1.62. The number of pyridine rings is 1. The first-order chi connectivity index (χ1) is 8.78. The van der Waals surface area contributed by atoms with Crippen LogP contribution >= 0.6 is 22.6 Å². The Bertz CT molecular complexity index is 479. The molecule has 0 spiro atoms. The van der Waals surface area contributed by atoms with Crippen molar-refractivity contribution in [3.05, 3.63) is 15.3 Å². The van der Waals surface area contributed by atoms with E-state index in [2.05, 4.69) is 14.5 Å². The van der Waals surface area contributed by atoms with E-state index in [9.17, 15) is 18.0 Å². The number of hydrogen-bond acceptors (Lipinski definition) is 5. The summed E-state index contributed by atoms with van der Waals surface area (Å²) in [5.74, 6) is -1.36. The maximum atomic E-state index is 12.4. The highest BCUT2D eigenvalue weighted by Crippen LogP contribution is 2.35. The van der Waals surface area contributed by atoms with Crippen molar-refractivity contribution in [2.75, 3.05) is 14.2 Å². The van der Waals surface area contributed by atoms with Crippen molar-refractivity contribution in [1.82, 2.24) is 4.98 Å². The Morgan fingerprint density at radius 2 is 2.05 bits per heavy atom. The summed E-state index contributed by atoms with van der Waals surface area (Å²) in [7, 11) is 2.35. The molecule has 0 aromatic carbocycles. The second-order valence-electron chi connectivity index (χ2n) is 3.22. The quantitative estimate of drug-likeness (QED) is 0.583. The molecule has 0 atom stereocenters. The van der Waals surface area contributed by atoms with Crippen LogP contribution in [0.4, 0.5) is 13.2 Å². The van der Waals surface area contributed by atoms with Crippen LogP contribution in [0.3, 0.4) is 0 Å². The van der Waals surface area contributed by atoms with Crippen LogP contribution < -0.4 is 9.47 Å². The van der Waals surface area contributed by atoms with E-state index in [4.69, 9.17) is 4.74 Å². The highest BCUT2D eigenvalue weighted by Gasteiger charge is 2.34. The maximum Gasteiger partial charge on any atom is 0.573 e. The van der Waals surface area contributed by atoms with Crippen LogP contribution in [-0.4, -0.2) is 31.5 Å². The Morgan fingerprint density at radius 3 is 2.53 bits per heavy atom. The van der Waals surface area contributed by atoms with Crippen LogP contribution in [0.2, 0.25) is 0 Å². The zero-order valence-electron chi connectivity index (χ0n) is 9.88. The van der Waals surface area contributed by atoms with Gasteiger partial charge in [-0.25, -0.2) is 4.98 Å². The fourth-order valence-electron chi connectivity index (χ4n) is 1.27. The number of carbonyl (C=O) groups is 1. The normalized spacial score (nSPS) is 11.1. The lowest BCUT2D eigenvalue weighted by Gasteiger charge is -2.16. The molecule has 1 heterocycles. The number of ether oxygens (including phenoxy) is 3. The highest BCUT2D eigenvalue weighted by molar-refractivity contribution is 14.1. The molecule has 19 heavy (non-hydrogen) atoms. The molecule has 1 aromatic heterocycles. The van der Waals surface area contributed by atoms with E-state index in [-0.39, 0.29) is 15.0 Å². The molecular formula is C10H9F3INO4. The van der Waals surface area contributed by atoms with Gasteiger partial charge in [0, 0.05) is 6.20 Å². The van der Waals surface area contributed by atoms with Gasteiger partial charge in [0.1, 0.15) is 0 Å². The summed E-state index contributed by atoms with van der Waals surface area (Å²) in [6, 6.07) is 0. The average Bonchev–Trinajstić information content (AvgIpc) is 2.32. The third kappa shape index (κ3) is 4.40. The van der Waals surface area contributed by atoms with Gasteiger partial charge in [0.2, 0.25) is 5.88 Å². The molecule has 0 saturated carbocycles. The van der Waals surface area contributed by atoms with Gasteiger partial charge in [-0.2, -0.15) is 0 Å². The minimum absolute atomic E-state index is 0.106. The van der Waals surface area contributed by atoms with Gasteiger partial charge in [-0.3, -0.25) is 4.79 Å². The molecule has 0 saturated heterocycles. The van der Waals surface area contributed by atoms with E-state index < -0.39 is 24.5 Å². The molecule has 0 bridgehead atoms. The molecule has 0 aliphatic heterocycles. The van der Waals surface area contributed by atoms with E-state index in [1.165, 1.54) is 7.11 Å². The molecule has 106 valence electrons. The number of alkyl halides is 3. The molecule has 9 heteroatoms. The minimum atomic E-state index is -4.88. The van der Waals surface area contributed by atoms with Crippen LogP contribution in [0.1, 0.15) is 5.56 Å². The largest absolute Gasteiger partial charge is 0.573 e. The van der Waals surface area contributed by atoms with Gasteiger partial charge in [-0.1, -0.05) is 0 Å². The third-order valence-corrected chi connectivity index (χ3v) is 2.77. The summed E-state index contributed by atoms with van der Waals surface area (Å²) in [6.07, 6.45) is -4.16. The summed E-state index contributed by atoms with van der Waals surface area (Å²) < 4.78 is 50.3. The number of nitrogens with zero attached hydrogens (tertiary/aromatic N) is 1. The fourth-order valence-corrected chi connectivity index (χ4v) is 1.84. The molecule has 0 unspecified atom stereocenters. The monoisotopic (exact) mass is 391 g/mol. The van der Waals surface area contributed by atoms with Crippen molar-refractivity contribution >= 4 is 28.6 Å². The van der Waals surface area contributed by atoms with Crippen molar-refractivity contribution in [3.8, 4) is 11.6 Å². The first-order valence-corrected chi connectivity index (χ1v) is 5.90. The van der Waals surface area contributed by atoms with Gasteiger partial charge >= 0.3 is 12.3 Å². The summed E-state index contributed by atoms with van der Waals surface area (Å²) in [5, 5.41) is 0. The summed E-state index contributed by atoms with van der Waals surface area (Å²) in [4.78, 5) is 15.0. The van der Waals surface area contributed by atoms with Gasteiger partial charge in [0.05, 0.1) is 29.8 Å². The van der Waals surface area contributed by atoms with Gasteiger partial charge in [0.25, 0.3) is 0 Å². The van der Waals surface area contributed by atoms with Gasteiger partial charge in [-0.15, -0.1) is 13.2 Å². The molecule has 1 rings (SSSR count). The van der Waals surface area contributed by atoms with Crippen LogP contribution in [0.15, 0.2) is 6.20 Å². The second kappa shape index (κ2) is 6.26. The second-order valence-corrected chi connectivity index (χ2v) is 4.39. The molecule has 0 radical (unpaired) electrons. The summed E-state index contributed by atoms with van der Waals surface area (Å²) in [5.41, 5.74) is -0.112. The zero-order chi connectivity index (χ0) is 14.6. The number of hydrogen-bond donors (Lipinski definition) is 0. The highest BCUT2D eigenvalue weighted by atomic mass is 127. The predicted octanol–water partition coefficient (Wildman–Crippen LogP) is 2.31. The van der Waals surface area contributed by atoms with E-state index in [1.54, 1.807) is 22.6 Å². The molecule has 0 amide bonds. The Morgan fingerprint density at radius 1 is 1.42 bits per heavy atom. The molecule has 0 aliphatic rings. The van der Waals surface area contributed by atoms with Crippen LogP contribution in [0.5, 0.6) is 11.6 Å². The first kappa shape index (κ1) is 15.8. The van der Waals surface area contributed by atoms with Gasteiger partial charge in [0.15, 0.2) is 5.75 Å². The molecule has 0 N–H and O–H groups in total. The summed E-state index contributed by atoms with van der Waals surface area (Å²) in [6.45, 7) is 0. The lowest BCUT2D eigenvalue weighted by Crippen LogP contribution is -2.20. The van der Waals surface area contributed by atoms with E-state index >= 15 is 0 Å². The van der Waals surface area contributed by atoms with Crippen molar-refractivity contribution in [2.24, 2.45) is 0 Å². The maximum absolute atomic E-state index is 12.4. The fraction of sp³-hybridized carbons (Fsp3) is 0.400. The van der Waals surface area contributed by atoms with Crippen molar-refractivity contribution in [3.63, 3.8) is 0 Å². The number of rotatable bonds is 4. The number of halogens is 4. The Labute approximate surface area is 120 Å². The number of aromatic nitrogens is 1. The zero-order valence-corrected chi connectivity index (χ0v) is 12.0. The number of carbonyl (C=O) groups excluding carboxylic acids is 1. The smallest absolute Gasteiger partial charge is 0.481 e. The minimum Gasteiger partial charge on any atom is -0.481 e. The van der Waals surface area contributed by atoms with Crippen LogP contribution in [0, 0.1) is 3.57 Å². The molecular weight excluding hydrogens is 382 g/mol. The van der Waals surface area contributed by atoms with Crippen molar-refractivity contribution in [2.45, 2.75) is 12.8 Å². The van der Waals surface area contributed by atoms with Gasteiger partial charge in [-0.05, 0) is 22.6 Å². The third-order valence-electron chi connectivity index (χ3n) is 2.00. The van der Waals surface area contributed by atoms with Gasteiger partial charge < -0.3 is 14.2 Å². The van der Waals surface area contributed by atoms with Crippen LogP contribution in [-0.2, 0) is 16.0 Å². The molecule has 0 fully saturated rings. The molecule has 0 aliphatic carbocycles. The standard InChI is InChI=1S/C10H9F3INO4/c1-17-7(16)3-5-8(19-10(11,12)13)6(14)4-15-9(5)18-2/h4H,3H2,1-2H3. The molecule has 5 nitrogen and oxygen atoms in total. The first-order valence-electron chi connectivity index (χ1n) is 4.82.